The lowest BCUT2D eigenvalue weighted by Crippen LogP contribution is -1.99. The summed E-state index contributed by atoms with van der Waals surface area (Å²) in [5.74, 6) is 1.89. The van der Waals surface area contributed by atoms with Crippen molar-refractivity contribution in [2.24, 2.45) is 12.8 Å². The molecule has 0 aliphatic carbocycles. The van der Waals surface area contributed by atoms with Crippen molar-refractivity contribution in [3.8, 4) is 0 Å². The van der Waals surface area contributed by atoms with Crippen LogP contribution in [0.2, 0.25) is 0 Å². The molecule has 0 fully saturated rings. The van der Waals surface area contributed by atoms with Gasteiger partial charge in [0.1, 0.15) is 5.82 Å². The zero-order valence-corrected chi connectivity index (χ0v) is 7.86. The van der Waals surface area contributed by atoms with Crippen molar-refractivity contribution in [1.82, 2.24) is 19.2 Å². The van der Waals surface area contributed by atoms with Gasteiger partial charge in [0.15, 0.2) is 0 Å². The molecule has 0 amide bonds. The van der Waals surface area contributed by atoms with E-state index in [4.69, 9.17) is 5.73 Å². The van der Waals surface area contributed by atoms with Gasteiger partial charge in [-0.3, -0.25) is 0 Å². The number of hydrogen-bond donors (Lipinski definition) is 1. The molecule has 13 heavy (non-hydrogen) atoms. The van der Waals surface area contributed by atoms with Crippen LogP contribution >= 0.6 is 0 Å². The van der Waals surface area contributed by atoms with Gasteiger partial charge in [-0.15, -0.1) is 0 Å². The summed E-state index contributed by atoms with van der Waals surface area (Å²) in [5.41, 5.74) is 6.36. The third kappa shape index (κ3) is 1.12. The number of rotatable bonds is 2. The summed E-state index contributed by atoms with van der Waals surface area (Å²) < 4.78 is 3.76. The van der Waals surface area contributed by atoms with Crippen LogP contribution < -0.4 is 5.73 Å². The Kier molecular flexibility index (Phi) is 1.81. The van der Waals surface area contributed by atoms with Crippen LogP contribution in [0.5, 0.6) is 0 Å². The molecule has 70 valence electrons. The second kappa shape index (κ2) is 2.85. The monoisotopic (exact) mass is 179 g/mol. The molecule has 0 unspecified atom stereocenters. The minimum atomic E-state index is 0.463. The quantitative estimate of drug-likeness (QED) is 0.710. The van der Waals surface area contributed by atoms with E-state index in [9.17, 15) is 0 Å². The van der Waals surface area contributed by atoms with Crippen molar-refractivity contribution in [3.63, 3.8) is 0 Å². The van der Waals surface area contributed by atoms with Gasteiger partial charge in [-0.05, 0) is 0 Å². The molecule has 5 nitrogen and oxygen atoms in total. The number of fused-ring (bicyclic) bond motifs is 1. The van der Waals surface area contributed by atoms with Gasteiger partial charge in [0.25, 0.3) is 0 Å². The van der Waals surface area contributed by atoms with Crippen LogP contribution in [0.3, 0.4) is 0 Å². The van der Waals surface area contributed by atoms with E-state index in [2.05, 4.69) is 17.0 Å². The van der Waals surface area contributed by atoms with Gasteiger partial charge in [-0.25, -0.2) is 9.50 Å². The second-order valence-corrected chi connectivity index (χ2v) is 3.01. The number of aromatic nitrogens is 4. The number of imidazole rings is 1. The van der Waals surface area contributed by atoms with Gasteiger partial charge in [-0.2, -0.15) is 5.10 Å². The first kappa shape index (κ1) is 8.25. The van der Waals surface area contributed by atoms with E-state index in [-0.39, 0.29) is 0 Å². The fraction of sp³-hybridized carbons (Fsp3) is 0.500. The van der Waals surface area contributed by atoms with E-state index in [1.807, 2.05) is 17.8 Å². The van der Waals surface area contributed by atoms with Crippen LogP contribution in [0.1, 0.15) is 18.4 Å². The third-order valence-electron chi connectivity index (χ3n) is 2.16. The summed E-state index contributed by atoms with van der Waals surface area (Å²) in [6.45, 7) is 2.54. The lowest BCUT2D eigenvalue weighted by atomic mass is 10.4. The maximum absolute atomic E-state index is 5.48. The average molecular weight is 179 g/mol. The highest BCUT2D eigenvalue weighted by Gasteiger charge is 2.08. The largest absolute Gasteiger partial charge is 0.325 e. The second-order valence-electron chi connectivity index (χ2n) is 3.01. The molecule has 0 radical (unpaired) electrons. The van der Waals surface area contributed by atoms with E-state index < -0.39 is 0 Å². The predicted molar refractivity (Wildman–Crippen MR) is 49.2 cm³/mol. The summed E-state index contributed by atoms with van der Waals surface area (Å²) >= 11 is 0. The molecule has 0 atom stereocenters. The molecule has 0 saturated heterocycles. The highest BCUT2D eigenvalue weighted by atomic mass is 15.4. The summed E-state index contributed by atoms with van der Waals surface area (Å²) in [4.78, 5) is 4.34. The lowest BCUT2D eigenvalue weighted by Gasteiger charge is -1.93. The standard InChI is InChI=1S/C8H13N5/c1-3-7-11-13-5-6(4-9)10-8(13)12(7)2/h5H,3-4,9H2,1-2H3. The first-order valence-electron chi connectivity index (χ1n) is 4.36. The summed E-state index contributed by atoms with van der Waals surface area (Å²) in [6.07, 6.45) is 2.78. The Labute approximate surface area is 76.2 Å². The van der Waals surface area contributed by atoms with E-state index in [1.165, 1.54) is 0 Å². The van der Waals surface area contributed by atoms with Crippen LogP contribution in [0.4, 0.5) is 0 Å². The van der Waals surface area contributed by atoms with Crippen LogP contribution in [-0.4, -0.2) is 19.2 Å². The Hall–Kier alpha value is -1.36. The molecule has 0 bridgehead atoms. The molecular formula is C8H13N5. The van der Waals surface area contributed by atoms with E-state index in [0.717, 1.165) is 23.7 Å². The van der Waals surface area contributed by atoms with Gasteiger partial charge in [0, 0.05) is 20.0 Å². The smallest absolute Gasteiger partial charge is 0.232 e. The molecule has 0 aromatic carbocycles. The zero-order valence-electron chi connectivity index (χ0n) is 7.86. The topological polar surface area (TPSA) is 61.1 Å². The van der Waals surface area contributed by atoms with Crippen molar-refractivity contribution < 1.29 is 0 Å². The normalized spacial score (nSPS) is 11.3. The third-order valence-corrected chi connectivity index (χ3v) is 2.16. The van der Waals surface area contributed by atoms with Gasteiger partial charge in [0.05, 0.1) is 11.9 Å². The van der Waals surface area contributed by atoms with Gasteiger partial charge < -0.3 is 10.3 Å². The summed E-state index contributed by atoms with van der Waals surface area (Å²) in [5, 5.41) is 4.36. The molecule has 2 aromatic heterocycles. The molecule has 0 spiro atoms. The van der Waals surface area contributed by atoms with Crippen molar-refractivity contribution in [2.75, 3.05) is 0 Å². The zero-order chi connectivity index (χ0) is 9.42. The number of nitrogens with zero attached hydrogens (tertiary/aromatic N) is 4. The molecule has 2 rings (SSSR count). The highest BCUT2D eigenvalue weighted by Crippen LogP contribution is 2.06. The number of hydrogen-bond acceptors (Lipinski definition) is 3. The maximum Gasteiger partial charge on any atom is 0.232 e. The highest BCUT2D eigenvalue weighted by molar-refractivity contribution is 5.31. The van der Waals surface area contributed by atoms with Crippen LogP contribution in [0.25, 0.3) is 5.78 Å². The molecule has 2 aromatic rings. The van der Waals surface area contributed by atoms with Crippen molar-refractivity contribution in [1.29, 1.82) is 0 Å². The van der Waals surface area contributed by atoms with Crippen molar-refractivity contribution in [2.45, 2.75) is 19.9 Å². The van der Waals surface area contributed by atoms with Crippen LogP contribution in [-0.2, 0) is 20.0 Å². The SMILES string of the molecule is CCc1nn2cc(CN)nc2n1C. The Bertz CT molecular complexity index is 425. The molecule has 0 saturated carbocycles. The molecule has 2 heterocycles. The van der Waals surface area contributed by atoms with E-state index in [0.29, 0.717) is 6.54 Å². The molecule has 0 aliphatic heterocycles. The van der Waals surface area contributed by atoms with Gasteiger partial charge in [0.2, 0.25) is 5.78 Å². The summed E-state index contributed by atoms with van der Waals surface area (Å²) in [7, 11) is 1.97. The Morgan fingerprint density at radius 1 is 1.54 bits per heavy atom. The fourth-order valence-corrected chi connectivity index (χ4v) is 1.42. The molecule has 5 heteroatoms. The number of aryl methyl sites for hydroxylation is 2. The first-order valence-corrected chi connectivity index (χ1v) is 4.36. The van der Waals surface area contributed by atoms with Crippen LogP contribution in [0.15, 0.2) is 6.20 Å². The molecule has 2 N–H and O–H groups in total. The van der Waals surface area contributed by atoms with Gasteiger partial charge >= 0.3 is 0 Å². The molecule has 0 aliphatic rings. The van der Waals surface area contributed by atoms with Crippen LogP contribution in [0, 0.1) is 0 Å². The molecular weight excluding hydrogens is 166 g/mol. The predicted octanol–water partition coefficient (Wildman–Crippen LogP) is 0.0889. The Morgan fingerprint density at radius 2 is 2.31 bits per heavy atom. The summed E-state index contributed by atoms with van der Waals surface area (Å²) in [6, 6.07) is 0. The fourth-order valence-electron chi connectivity index (χ4n) is 1.42. The first-order chi connectivity index (χ1) is 6.26. The Morgan fingerprint density at radius 3 is 2.85 bits per heavy atom. The lowest BCUT2D eigenvalue weighted by molar-refractivity contribution is 0.804. The van der Waals surface area contributed by atoms with Gasteiger partial charge in [-0.1, -0.05) is 6.92 Å². The minimum Gasteiger partial charge on any atom is -0.325 e. The Balaban J connectivity index is 2.62. The van der Waals surface area contributed by atoms with E-state index in [1.54, 1.807) is 4.52 Å². The van der Waals surface area contributed by atoms with Crippen molar-refractivity contribution >= 4 is 5.78 Å². The average Bonchev–Trinajstić information content (AvgIpc) is 2.65. The number of nitrogens with two attached hydrogens (primary N) is 1. The minimum absolute atomic E-state index is 0.463. The maximum atomic E-state index is 5.48. The van der Waals surface area contributed by atoms with E-state index >= 15 is 0 Å². The van der Waals surface area contributed by atoms with Crippen molar-refractivity contribution in [3.05, 3.63) is 17.7 Å².